The van der Waals surface area contributed by atoms with Gasteiger partial charge < -0.3 is 10.1 Å². The van der Waals surface area contributed by atoms with Crippen molar-refractivity contribution in [2.45, 2.75) is 0 Å². The summed E-state index contributed by atoms with van der Waals surface area (Å²) in [6.45, 7) is 1.42. The van der Waals surface area contributed by atoms with Gasteiger partial charge in [0.1, 0.15) is 6.67 Å². The van der Waals surface area contributed by atoms with Crippen molar-refractivity contribution >= 4 is 12.2 Å². The van der Waals surface area contributed by atoms with E-state index in [-0.39, 0.29) is 6.03 Å². The summed E-state index contributed by atoms with van der Waals surface area (Å²) in [5.74, 6) is 0. The predicted octanol–water partition coefficient (Wildman–Crippen LogP) is 0.200. The van der Waals surface area contributed by atoms with Crippen LogP contribution in [0.1, 0.15) is 0 Å². The molecular weight excluding hydrogens is 170 g/mol. The Hall–Kier alpha value is -1.36. The molecule has 13 heavy (non-hydrogen) atoms. The van der Waals surface area contributed by atoms with Crippen LogP contribution in [-0.4, -0.2) is 44.1 Å². The smallest absolute Gasteiger partial charge is 0.323 e. The van der Waals surface area contributed by atoms with Gasteiger partial charge in [-0.15, -0.1) is 0 Å². The molecule has 1 heterocycles. The number of allylic oxidation sites excluding steroid dienone is 1. The molecule has 0 atom stereocenters. The summed E-state index contributed by atoms with van der Waals surface area (Å²) < 4.78 is 4.80. The Bertz CT molecular complexity index is 225. The van der Waals surface area contributed by atoms with Gasteiger partial charge in [-0.3, -0.25) is 9.89 Å². The zero-order valence-corrected chi connectivity index (χ0v) is 7.56. The van der Waals surface area contributed by atoms with Crippen LogP contribution in [0.4, 0.5) is 4.79 Å². The quantitative estimate of drug-likeness (QED) is 0.635. The largest absolute Gasteiger partial charge is 0.383 e. The molecule has 72 valence electrons. The lowest BCUT2D eigenvalue weighted by Crippen LogP contribution is -2.38. The highest BCUT2D eigenvalue weighted by molar-refractivity contribution is 5.79. The number of hydrogen-bond acceptors (Lipinski definition) is 3. The van der Waals surface area contributed by atoms with Crippen molar-refractivity contribution in [3.8, 4) is 0 Å². The molecule has 0 spiro atoms. The van der Waals surface area contributed by atoms with E-state index in [2.05, 4.69) is 10.3 Å². The Morgan fingerprint density at radius 1 is 1.77 bits per heavy atom. The Morgan fingerprint density at radius 3 is 3.23 bits per heavy atom. The lowest BCUT2D eigenvalue weighted by atomic mass is 10.5. The number of carbonyl (C=O) groups excluding carboxylic acids is 1. The number of aliphatic imine (C=N–C) groups is 1. The number of amides is 2. The lowest BCUT2D eigenvalue weighted by Gasteiger charge is -2.18. The molecule has 0 saturated heterocycles. The fourth-order valence-electron chi connectivity index (χ4n) is 0.879. The van der Waals surface area contributed by atoms with E-state index in [1.54, 1.807) is 25.6 Å². The Balaban J connectivity index is 2.23. The third-order valence-electron chi connectivity index (χ3n) is 1.53. The van der Waals surface area contributed by atoms with Crippen LogP contribution in [0.15, 0.2) is 17.3 Å². The summed E-state index contributed by atoms with van der Waals surface area (Å²) in [5.41, 5.74) is 0. The fourth-order valence-corrected chi connectivity index (χ4v) is 0.879. The average Bonchev–Trinajstić information content (AvgIpc) is 2.19. The number of nitrogens with one attached hydrogen (secondary N) is 1. The highest BCUT2D eigenvalue weighted by Gasteiger charge is 2.09. The lowest BCUT2D eigenvalue weighted by molar-refractivity contribution is 0.188. The van der Waals surface area contributed by atoms with E-state index in [4.69, 9.17) is 4.74 Å². The monoisotopic (exact) mass is 183 g/mol. The third kappa shape index (κ3) is 3.25. The van der Waals surface area contributed by atoms with Gasteiger partial charge in [0, 0.05) is 26.1 Å². The average molecular weight is 183 g/mol. The Kier molecular flexibility index (Phi) is 3.98. The molecule has 1 aliphatic heterocycles. The maximum atomic E-state index is 11.3. The van der Waals surface area contributed by atoms with E-state index in [0.29, 0.717) is 19.8 Å². The number of ether oxygens (including phenoxy) is 1. The van der Waals surface area contributed by atoms with Crippen molar-refractivity contribution in [1.29, 1.82) is 0 Å². The van der Waals surface area contributed by atoms with Gasteiger partial charge in [-0.05, 0) is 6.08 Å². The molecule has 0 bridgehead atoms. The highest BCUT2D eigenvalue weighted by Crippen LogP contribution is 1.95. The van der Waals surface area contributed by atoms with Crippen molar-refractivity contribution in [1.82, 2.24) is 10.2 Å². The molecular formula is C8H13N3O2. The number of urea groups is 1. The van der Waals surface area contributed by atoms with Crippen LogP contribution in [0.5, 0.6) is 0 Å². The molecule has 1 aliphatic rings. The molecule has 1 N–H and O–H groups in total. The zero-order valence-electron chi connectivity index (χ0n) is 7.56. The van der Waals surface area contributed by atoms with Crippen LogP contribution < -0.4 is 5.32 Å². The molecule has 2 amide bonds. The molecule has 0 radical (unpaired) electrons. The minimum Gasteiger partial charge on any atom is -0.383 e. The van der Waals surface area contributed by atoms with Crippen LogP contribution in [0.2, 0.25) is 0 Å². The molecule has 0 aliphatic carbocycles. The normalized spacial score (nSPS) is 14.7. The van der Waals surface area contributed by atoms with Crippen molar-refractivity contribution in [2.24, 2.45) is 4.99 Å². The van der Waals surface area contributed by atoms with Crippen molar-refractivity contribution < 1.29 is 9.53 Å². The SMILES string of the molecule is COCCNC(=O)N1C=CC=NC1. The molecule has 0 aromatic rings. The van der Waals surface area contributed by atoms with Crippen LogP contribution in [0.3, 0.4) is 0 Å². The summed E-state index contributed by atoms with van der Waals surface area (Å²) in [7, 11) is 1.59. The van der Waals surface area contributed by atoms with Crippen molar-refractivity contribution in [3.63, 3.8) is 0 Å². The first-order valence-electron chi connectivity index (χ1n) is 4.04. The van der Waals surface area contributed by atoms with Gasteiger partial charge in [0.25, 0.3) is 0 Å². The van der Waals surface area contributed by atoms with Gasteiger partial charge >= 0.3 is 6.03 Å². The molecule has 5 heteroatoms. The minimum absolute atomic E-state index is 0.148. The molecule has 0 aromatic carbocycles. The topological polar surface area (TPSA) is 53.9 Å². The summed E-state index contributed by atoms with van der Waals surface area (Å²) in [4.78, 5) is 16.7. The first-order valence-corrected chi connectivity index (χ1v) is 4.04. The predicted molar refractivity (Wildman–Crippen MR) is 49.6 cm³/mol. The summed E-state index contributed by atoms with van der Waals surface area (Å²) >= 11 is 0. The Morgan fingerprint density at radius 2 is 2.62 bits per heavy atom. The molecule has 0 saturated carbocycles. The maximum Gasteiger partial charge on any atom is 0.323 e. The third-order valence-corrected chi connectivity index (χ3v) is 1.53. The number of nitrogens with zero attached hydrogens (tertiary/aromatic N) is 2. The summed E-state index contributed by atoms with van der Waals surface area (Å²) in [6, 6.07) is -0.148. The molecule has 5 nitrogen and oxygen atoms in total. The first kappa shape index (κ1) is 9.73. The number of carbonyl (C=O) groups is 1. The number of rotatable bonds is 3. The van der Waals surface area contributed by atoms with Crippen molar-refractivity contribution in [3.05, 3.63) is 12.3 Å². The van der Waals surface area contributed by atoms with Gasteiger partial charge in [-0.1, -0.05) is 0 Å². The molecule has 1 rings (SSSR count). The van der Waals surface area contributed by atoms with Crippen LogP contribution >= 0.6 is 0 Å². The first-order chi connectivity index (χ1) is 6.34. The standard InChI is InChI=1S/C8H13N3O2/c1-13-6-4-10-8(12)11-5-2-3-9-7-11/h2-3,5H,4,6-7H2,1H3,(H,10,12). The fraction of sp³-hybridized carbons (Fsp3) is 0.500. The minimum atomic E-state index is -0.148. The highest BCUT2D eigenvalue weighted by atomic mass is 16.5. The molecule has 0 unspecified atom stereocenters. The zero-order chi connectivity index (χ0) is 9.52. The van der Waals surface area contributed by atoms with Crippen molar-refractivity contribution in [2.75, 3.05) is 26.9 Å². The van der Waals surface area contributed by atoms with Gasteiger partial charge in [-0.25, -0.2) is 4.79 Å². The molecule has 0 fully saturated rings. The maximum absolute atomic E-state index is 11.3. The van der Waals surface area contributed by atoms with E-state index < -0.39 is 0 Å². The Labute approximate surface area is 77.1 Å². The second-order valence-corrected chi connectivity index (χ2v) is 2.51. The second kappa shape index (κ2) is 5.31. The summed E-state index contributed by atoms with van der Waals surface area (Å²) in [5, 5.41) is 2.69. The van der Waals surface area contributed by atoms with Gasteiger partial charge in [-0.2, -0.15) is 0 Å². The summed E-state index contributed by atoms with van der Waals surface area (Å²) in [6.07, 6.45) is 5.08. The van der Waals surface area contributed by atoms with E-state index >= 15 is 0 Å². The van der Waals surface area contributed by atoms with Crippen LogP contribution in [0.25, 0.3) is 0 Å². The van der Waals surface area contributed by atoms with E-state index in [1.807, 2.05) is 0 Å². The van der Waals surface area contributed by atoms with E-state index in [0.717, 1.165) is 0 Å². The van der Waals surface area contributed by atoms with Gasteiger partial charge in [0.05, 0.1) is 6.61 Å². The molecule has 0 aromatic heterocycles. The number of hydrogen-bond donors (Lipinski definition) is 1. The van der Waals surface area contributed by atoms with E-state index in [9.17, 15) is 4.79 Å². The van der Waals surface area contributed by atoms with Gasteiger partial charge in [0.2, 0.25) is 0 Å². The van der Waals surface area contributed by atoms with Gasteiger partial charge in [0.15, 0.2) is 0 Å². The van der Waals surface area contributed by atoms with E-state index in [1.165, 1.54) is 4.90 Å². The van der Waals surface area contributed by atoms with Crippen LogP contribution in [-0.2, 0) is 4.74 Å². The second-order valence-electron chi connectivity index (χ2n) is 2.51. The van der Waals surface area contributed by atoms with Crippen LogP contribution in [0, 0.1) is 0 Å². The number of methoxy groups -OCH3 is 1.